The van der Waals surface area contributed by atoms with Gasteiger partial charge in [-0.2, -0.15) is 0 Å². The second kappa shape index (κ2) is 7.84. The van der Waals surface area contributed by atoms with E-state index in [9.17, 15) is 9.59 Å². The third-order valence-electron chi connectivity index (χ3n) is 1.95. The normalized spacial score (nSPS) is 8.56. The molecule has 0 aliphatic carbocycles. The third-order valence-corrected chi connectivity index (χ3v) is 1.95. The molecule has 0 heterocycles. The van der Waals surface area contributed by atoms with E-state index in [1.807, 2.05) is 12.1 Å². The fourth-order valence-corrected chi connectivity index (χ4v) is 0.971. The number of carboxylic acid groups (broad SMARTS) is 1. The Morgan fingerprint density at radius 1 is 1.33 bits per heavy atom. The van der Waals surface area contributed by atoms with Gasteiger partial charge in [-0.15, -0.1) is 0 Å². The third kappa shape index (κ3) is 5.12. The van der Waals surface area contributed by atoms with Crippen molar-refractivity contribution in [3.63, 3.8) is 0 Å². The van der Waals surface area contributed by atoms with Gasteiger partial charge in [0.05, 0.1) is 12.7 Å². The zero-order chi connectivity index (χ0) is 14.1. The largest absolute Gasteiger partial charge is 0.478 e. The number of ether oxygens (including phenoxy) is 1. The molecule has 0 aliphatic rings. The van der Waals surface area contributed by atoms with Crippen LogP contribution in [0.3, 0.4) is 0 Å². The monoisotopic (exact) mass is 248 g/mol. The zero-order valence-electron chi connectivity index (χ0n) is 10.5. The van der Waals surface area contributed by atoms with Gasteiger partial charge in [0.1, 0.15) is 0 Å². The van der Waals surface area contributed by atoms with Gasteiger partial charge in [0, 0.05) is 5.57 Å². The average molecular weight is 248 g/mol. The van der Waals surface area contributed by atoms with E-state index in [-0.39, 0.29) is 11.5 Å². The molecule has 1 aromatic carbocycles. The van der Waals surface area contributed by atoms with Crippen LogP contribution in [0.5, 0.6) is 0 Å². The van der Waals surface area contributed by atoms with Crippen LogP contribution in [0.4, 0.5) is 0 Å². The molecule has 4 nitrogen and oxygen atoms in total. The lowest BCUT2D eigenvalue weighted by molar-refractivity contribution is -0.132. The molecule has 4 heteroatoms. The standard InChI is InChI=1S/C10H10O2.C4H6O2/c1-3-8-6-4-5-7-9(8)10(11)12-2;1-3(2)4(5)6/h3-7H,1H2,2H3;1H2,2H3,(H,5,6). The van der Waals surface area contributed by atoms with Gasteiger partial charge >= 0.3 is 11.9 Å². The van der Waals surface area contributed by atoms with Gasteiger partial charge in [0.2, 0.25) is 0 Å². The minimum atomic E-state index is -0.935. The molecule has 18 heavy (non-hydrogen) atoms. The molecule has 0 bridgehead atoms. The fraction of sp³-hybridized carbons (Fsp3) is 0.143. The van der Waals surface area contributed by atoms with Gasteiger partial charge in [-0.1, -0.05) is 37.4 Å². The van der Waals surface area contributed by atoms with Crippen LogP contribution in [0, 0.1) is 0 Å². The Hall–Kier alpha value is -2.36. The molecule has 0 radical (unpaired) electrons. The van der Waals surface area contributed by atoms with Gasteiger partial charge in [-0.3, -0.25) is 0 Å². The summed E-state index contributed by atoms with van der Waals surface area (Å²) in [7, 11) is 1.36. The number of methoxy groups -OCH3 is 1. The first kappa shape index (κ1) is 15.6. The number of esters is 1. The first-order valence-corrected chi connectivity index (χ1v) is 5.12. The Labute approximate surface area is 106 Å². The van der Waals surface area contributed by atoms with Crippen molar-refractivity contribution >= 4 is 18.0 Å². The highest BCUT2D eigenvalue weighted by Gasteiger charge is 2.07. The highest BCUT2D eigenvalue weighted by molar-refractivity contribution is 5.93. The number of carbonyl (C=O) groups is 2. The fourth-order valence-electron chi connectivity index (χ4n) is 0.971. The summed E-state index contributed by atoms with van der Waals surface area (Å²) in [5.41, 5.74) is 1.52. The van der Waals surface area contributed by atoms with E-state index in [1.54, 1.807) is 18.2 Å². The molecule has 0 amide bonds. The van der Waals surface area contributed by atoms with Crippen LogP contribution in [0.15, 0.2) is 43.0 Å². The summed E-state index contributed by atoms with van der Waals surface area (Å²) in [6.45, 7) is 8.20. The maximum absolute atomic E-state index is 11.1. The minimum Gasteiger partial charge on any atom is -0.478 e. The maximum Gasteiger partial charge on any atom is 0.338 e. The quantitative estimate of drug-likeness (QED) is 0.660. The van der Waals surface area contributed by atoms with Crippen molar-refractivity contribution in [2.45, 2.75) is 6.92 Å². The number of benzene rings is 1. The zero-order valence-corrected chi connectivity index (χ0v) is 10.5. The molecular weight excluding hydrogens is 232 g/mol. The van der Waals surface area contributed by atoms with E-state index < -0.39 is 5.97 Å². The van der Waals surface area contributed by atoms with E-state index in [1.165, 1.54) is 14.0 Å². The van der Waals surface area contributed by atoms with Crippen molar-refractivity contribution in [3.05, 3.63) is 54.1 Å². The molecule has 1 rings (SSSR count). The van der Waals surface area contributed by atoms with Crippen LogP contribution in [0.2, 0.25) is 0 Å². The number of hydrogen-bond acceptors (Lipinski definition) is 3. The van der Waals surface area contributed by atoms with E-state index in [4.69, 9.17) is 5.11 Å². The summed E-state index contributed by atoms with van der Waals surface area (Å²) in [6.07, 6.45) is 1.63. The Balaban J connectivity index is 0.000000411. The molecule has 0 saturated heterocycles. The summed E-state index contributed by atoms with van der Waals surface area (Å²) >= 11 is 0. The lowest BCUT2D eigenvalue weighted by Gasteiger charge is -2.01. The SMILES string of the molecule is C=C(C)C(=O)O.C=Cc1ccccc1C(=O)OC. The smallest absolute Gasteiger partial charge is 0.338 e. The molecule has 0 aromatic heterocycles. The van der Waals surface area contributed by atoms with Crippen molar-refractivity contribution in [2.75, 3.05) is 7.11 Å². The predicted octanol–water partition coefficient (Wildman–Crippen LogP) is 2.76. The molecule has 1 aromatic rings. The number of hydrogen-bond donors (Lipinski definition) is 1. The van der Waals surface area contributed by atoms with E-state index >= 15 is 0 Å². The van der Waals surface area contributed by atoms with Gasteiger partial charge in [-0.25, -0.2) is 9.59 Å². The Morgan fingerprint density at radius 3 is 2.22 bits per heavy atom. The lowest BCUT2D eigenvalue weighted by atomic mass is 10.1. The van der Waals surface area contributed by atoms with Crippen molar-refractivity contribution in [1.29, 1.82) is 0 Å². The summed E-state index contributed by atoms with van der Waals surface area (Å²) in [4.78, 5) is 20.7. The molecule has 0 spiro atoms. The molecule has 0 saturated carbocycles. The van der Waals surface area contributed by atoms with Crippen LogP contribution in [-0.2, 0) is 9.53 Å². The number of carbonyl (C=O) groups excluding carboxylic acids is 1. The van der Waals surface area contributed by atoms with E-state index in [2.05, 4.69) is 17.9 Å². The highest BCUT2D eigenvalue weighted by Crippen LogP contribution is 2.10. The number of aliphatic carboxylic acids is 1. The van der Waals surface area contributed by atoms with Gasteiger partial charge in [-0.05, 0) is 18.6 Å². The Bertz CT molecular complexity index is 449. The summed E-state index contributed by atoms with van der Waals surface area (Å²) < 4.78 is 4.59. The van der Waals surface area contributed by atoms with Crippen molar-refractivity contribution in [2.24, 2.45) is 0 Å². The first-order chi connectivity index (χ1) is 8.43. The maximum atomic E-state index is 11.1. The minimum absolute atomic E-state index is 0.176. The van der Waals surface area contributed by atoms with Gasteiger partial charge in [0.15, 0.2) is 0 Å². The number of carboxylic acids is 1. The molecule has 1 N–H and O–H groups in total. The predicted molar refractivity (Wildman–Crippen MR) is 70.3 cm³/mol. The Morgan fingerprint density at radius 2 is 1.83 bits per heavy atom. The second-order valence-corrected chi connectivity index (χ2v) is 3.37. The molecule has 0 fully saturated rings. The molecular formula is C14H16O4. The van der Waals surface area contributed by atoms with Crippen LogP contribution in [0.25, 0.3) is 6.08 Å². The molecule has 96 valence electrons. The van der Waals surface area contributed by atoms with Crippen LogP contribution >= 0.6 is 0 Å². The second-order valence-electron chi connectivity index (χ2n) is 3.37. The number of rotatable bonds is 3. The first-order valence-electron chi connectivity index (χ1n) is 5.12. The summed E-state index contributed by atoms with van der Waals surface area (Å²) in [6, 6.07) is 7.17. The van der Waals surface area contributed by atoms with Crippen LogP contribution in [-0.4, -0.2) is 24.2 Å². The topological polar surface area (TPSA) is 63.6 Å². The average Bonchev–Trinajstić information content (AvgIpc) is 2.38. The van der Waals surface area contributed by atoms with Crippen molar-refractivity contribution < 1.29 is 19.4 Å². The van der Waals surface area contributed by atoms with Gasteiger partial charge < -0.3 is 9.84 Å². The van der Waals surface area contributed by atoms with Crippen molar-refractivity contribution in [3.8, 4) is 0 Å². The Kier molecular flexibility index (Phi) is 6.81. The van der Waals surface area contributed by atoms with Crippen LogP contribution < -0.4 is 0 Å². The summed E-state index contributed by atoms with van der Waals surface area (Å²) in [5.74, 6) is -1.26. The van der Waals surface area contributed by atoms with Gasteiger partial charge in [0.25, 0.3) is 0 Å². The summed E-state index contributed by atoms with van der Waals surface area (Å²) in [5, 5.41) is 7.89. The highest BCUT2D eigenvalue weighted by atomic mass is 16.5. The molecule has 0 aliphatic heterocycles. The van der Waals surface area contributed by atoms with Crippen molar-refractivity contribution in [1.82, 2.24) is 0 Å². The van der Waals surface area contributed by atoms with E-state index in [0.29, 0.717) is 5.56 Å². The lowest BCUT2D eigenvalue weighted by Crippen LogP contribution is -2.02. The molecule has 0 atom stereocenters. The van der Waals surface area contributed by atoms with E-state index in [0.717, 1.165) is 5.56 Å². The van der Waals surface area contributed by atoms with Crippen LogP contribution in [0.1, 0.15) is 22.8 Å². The molecule has 0 unspecified atom stereocenters.